The van der Waals surface area contributed by atoms with E-state index in [2.05, 4.69) is 45.6 Å². The van der Waals surface area contributed by atoms with E-state index in [1.54, 1.807) is 0 Å². The van der Waals surface area contributed by atoms with Crippen LogP contribution in [-0.4, -0.2) is 15.2 Å². The molecule has 0 amide bonds. The Morgan fingerprint density at radius 3 is 2.95 bits per heavy atom. The van der Waals surface area contributed by atoms with Gasteiger partial charge in [0.05, 0.1) is 0 Å². The molecule has 0 aromatic carbocycles. The molecule has 3 aromatic heterocycles. The van der Waals surface area contributed by atoms with Gasteiger partial charge in [0.1, 0.15) is 0 Å². The van der Waals surface area contributed by atoms with Gasteiger partial charge in [-0.05, 0) is 37.6 Å². The Kier molecular flexibility index (Phi) is 3.31. The third-order valence-electron chi connectivity index (χ3n) is 3.08. The van der Waals surface area contributed by atoms with Crippen molar-refractivity contribution >= 4 is 22.4 Å². The summed E-state index contributed by atoms with van der Waals surface area (Å²) < 4.78 is 0. The van der Waals surface area contributed by atoms with E-state index in [1.165, 1.54) is 15.3 Å². The Morgan fingerprint density at radius 1 is 1.26 bits per heavy atom. The van der Waals surface area contributed by atoms with Crippen molar-refractivity contribution in [1.82, 2.24) is 20.5 Å². The maximum atomic E-state index is 4.35. The molecule has 0 aliphatic rings. The molecule has 4 nitrogen and oxygen atoms in total. The SMILES string of the molecule is Cc1ccc(CNCc2cnc3n[nH]c(C)c3c2)s1. The lowest BCUT2D eigenvalue weighted by Gasteiger charge is -2.03. The maximum absolute atomic E-state index is 4.35. The molecule has 5 heteroatoms. The highest BCUT2D eigenvalue weighted by Gasteiger charge is 2.04. The minimum absolute atomic E-state index is 0.787. The van der Waals surface area contributed by atoms with Gasteiger partial charge in [0, 0.05) is 40.1 Å². The van der Waals surface area contributed by atoms with E-state index in [0.717, 1.165) is 29.8 Å². The number of thiophene rings is 1. The molecule has 3 aromatic rings. The van der Waals surface area contributed by atoms with Gasteiger partial charge in [-0.25, -0.2) is 4.98 Å². The van der Waals surface area contributed by atoms with Gasteiger partial charge < -0.3 is 5.32 Å². The van der Waals surface area contributed by atoms with Gasteiger partial charge in [-0.3, -0.25) is 5.10 Å². The van der Waals surface area contributed by atoms with Crippen molar-refractivity contribution in [3.05, 3.63) is 45.4 Å². The molecule has 0 saturated carbocycles. The van der Waals surface area contributed by atoms with Crippen LogP contribution in [0.1, 0.15) is 21.0 Å². The van der Waals surface area contributed by atoms with Crippen molar-refractivity contribution in [3.8, 4) is 0 Å². The Labute approximate surface area is 115 Å². The van der Waals surface area contributed by atoms with Crippen LogP contribution in [-0.2, 0) is 13.1 Å². The zero-order valence-corrected chi connectivity index (χ0v) is 11.8. The zero-order chi connectivity index (χ0) is 13.2. The first-order chi connectivity index (χ1) is 9.22. The standard InChI is InChI=1S/C14H16N4S/c1-9-3-4-12(19-9)8-15-6-11-5-13-10(2)17-18-14(13)16-7-11/h3-5,7,15H,6,8H2,1-2H3,(H,16,17,18). The van der Waals surface area contributed by atoms with Gasteiger partial charge in [0.15, 0.2) is 5.65 Å². The van der Waals surface area contributed by atoms with Crippen molar-refractivity contribution < 1.29 is 0 Å². The highest BCUT2D eigenvalue weighted by molar-refractivity contribution is 7.11. The van der Waals surface area contributed by atoms with Gasteiger partial charge >= 0.3 is 0 Å². The number of aryl methyl sites for hydroxylation is 2. The lowest BCUT2D eigenvalue weighted by Crippen LogP contribution is -2.11. The molecule has 0 unspecified atom stereocenters. The normalized spacial score (nSPS) is 11.3. The number of hydrogen-bond acceptors (Lipinski definition) is 4. The summed E-state index contributed by atoms with van der Waals surface area (Å²) in [6.45, 7) is 5.88. The summed E-state index contributed by atoms with van der Waals surface area (Å²) in [6, 6.07) is 6.48. The second-order valence-corrected chi connectivity index (χ2v) is 6.05. The quantitative estimate of drug-likeness (QED) is 0.768. The fraction of sp³-hybridized carbons (Fsp3) is 0.286. The highest BCUT2D eigenvalue weighted by atomic mass is 32.1. The minimum Gasteiger partial charge on any atom is -0.308 e. The van der Waals surface area contributed by atoms with Gasteiger partial charge in [0.25, 0.3) is 0 Å². The number of H-pyrrole nitrogens is 1. The molecule has 0 fully saturated rings. The molecule has 0 atom stereocenters. The Morgan fingerprint density at radius 2 is 2.16 bits per heavy atom. The second kappa shape index (κ2) is 5.11. The first-order valence-corrected chi connectivity index (χ1v) is 7.09. The van der Waals surface area contributed by atoms with Crippen LogP contribution in [0.3, 0.4) is 0 Å². The van der Waals surface area contributed by atoms with Crippen LogP contribution in [0.5, 0.6) is 0 Å². The molecule has 3 heterocycles. The number of nitrogens with one attached hydrogen (secondary N) is 2. The first kappa shape index (κ1) is 12.3. The van der Waals surface area contributed by atoms with Crippen molar-refractivity contribution in [3.63, 3.8) is 0 Å². The van der Waals surface area contributed by atoms with Crippen LogP contribution in [0.4, 0.5) is 0 Å². The number of fused-ring (bicyclic) bond motifs is 1. The molecule has 3 rings (SSSR count). The maximum Gasteiger partial charge on any atom is 0.181 e. The predicted octanol–water partition coefficient (Wildman–Crippen LogP) is 2.93. The smallest absolute Gasteiger partial charge is 0.181 e. The number of nitrogens with zero attached hydrogens (tertiary/aromatic N) is 2. The van der Waals surface area contributed by atoms with Crippen LogP contribution >= 0.6 is 11.3 Å². The monoisotopic (exact) mass is 272 g/mol. The zero-order valence-electron chi connectivity index (χ0n) is 11.0. The largest absolute Gasteiger partial charge is 0.308 e. The Bertz CT molecular complexity index is 698. The topological polar surface area (TPSA) is 53.6 Å². The number of aromatic nitrogens is 3. The molecular formula is C14H16N4S. The molecule has 98 valence electrons. The summed E-state index contributed by atoms with van der Waals surface area (Å²) in [5, 5.41) is 11.6. The average Bonchev–Trinajstić information content (AvgIpc) is 2.97. The van der Waals surface area contributed by atoms with Crippen molar-refractivity contribution in [2.75, 3.05) is 0 Å². The van der Waals surface area contributed by atoms with Crippen LogP contribution in [0, 0.1) is 13.8 Å². The Balaban J connectivity index is 1.66. The Hall–Kier alpha value is -1.72. The van der Waals surface area contributed by atoms with Crippen molar-refractivity contribution in [2.24, 2.45) is 0 Å². The predicted molar refractivity (Wildman–Crippen MR) is 78.2 cm³/mol. The molecule has 0 radical (unpaired) electrons. The lowest BCUT2D eigenvalue weighted by molar-refractivity contribution is 0.700. The van der Waals surface area contributed by atoms with E-state index in [-0.39, 0.29) is 0 Å². The summed E-state index contributed by atoms with van der Waals surface area (Å²) in [5.41, 5.74) is 3.04. The molecular weight excluding hydrogens is 256 g/mol. The fourth-order valence-electron chi connectivity index (χ4n) is 2.07. The van der Waals surface area contributed by atoms with Gasteiger partial charge in [-0.2, -0.15) is 5.10 Å². The van der Waals surface area contributed by atoms with Gasteiger partial charge in [-0.1, -0.05) is 0 Å². The van der Waals surface area contributed by atoms with Crippen LogP contribution in [0.15, 0.2) is 24.4 Å². The van der Waals surface area contributed by atoms with E-state index >= 15 is 0 Å². The van der Waals surface area contributed by atoms with Crippen LogP contribution in [0.25, 0.3) is 11.0 Å². The van der Waals surface area contributed by atoms with Crippen molar-refractivity contribution in [2.45, 2.75) is 26.9 Å². The molecule has 0 bridgehead atoms. The van der Waals surface area contributed by atoms with E-state index in [9.17, 15) is 0 Å². The molecule has 19 heavy (non-hydrogen) atoms. The number of rotatable bonds is 4. The van der Waals surface area contributed by atoms with E-state index in [4.69, 9.17) is 0 Å². The molecule has 0 aliphatic carbocycles. The van der Waals surface area contributed by atoms with Gasteiger partial charge in [0.2, 0.25) is 0 Å². The molecule has 0 spiro atoms. The van der Waals surface area contributed by atoms with Crippen molar-refractivity contribution in [1.29, 1.82) is 0 Å². The summed E-state index contributed by atoms with van der Waals surface area (Å²) >= 11 is 1.84. The average molecular weight is 272 g/mol. The van der Waals surface area contributed by atoms with Gasteiger partial charge in [-0.15, -0.1) is 11.3 Å². The summed E-state index contributed by atoms with van der Waals surface area (Å²) in [6.07, 6.45) is 1.88. The third-order valence-corrected chi connectivity index (χ3v) is 4.08. The molecule has 0 aliphatic heterocycles. The third kappa shape index (κ3) is 2.67. The van der Waals surface area contributed by atoms with Crippen LogP contribution in [0.2, 0.25) is 0 Å². The number of hydrogen-bond donors (Lipinski definition) is 2. The number of aromatic amines is 1. The summed E-state index contributed by atoms with van der Waals surface area (Å²) in [7, 11) is 0. The van der Waals surface area contributed by atoms with E-state index in [1.807, 2.05) is 24.5 Å². The summed E-state index contributed by atoms with van der Waals surface area (Å²) in [4.78, 5) is 7.07. The summed E-state index contributed by atoms with van der Waals surface area (Å²) in [5.74, 6) is 0. The fourth-order valence-corrected chi connectivity index (χ4v) is 2.93. The molecule has 0 saturated heterocycles. The van der Waals surface area contributed by atoms with E-state index < -0.39 is 0 Å². The number of pyridine rings is 1. The lowest BCUT2D eigenvalue weighted by atomic mass is 10.2. The highest BCUT2D eigenvalue weighted by Crippen LogP contribution is 2.16. The molecule has 2 N–H and O–H groups in total. The van der Waals surface area contributed by atoms with E-state index in [0.29, 0.717) is 0 Å². The first-order valence-electron chi connectivity index (χ1n) is 6.28. The second-order valence-electron chi connectivity index (χ2n) is 4.68. The van der Waals surface area contributed by atoms with Crippen LogP contribution < -0.4 is 5.32 Å². The minimum atomic E-state index is 0.787.